The molecule has 0 saturated heterocycles. The summed E-state index contributed by atoms with van der Waals surface area (Å²) >= 11 is 0. The molecule has 4 heteroatoms. The molecule has 1 aromatic rings. The zero-order valence-electron chi connectivity index (χ0n) is 6.75. The number of ether oxygens (including phenoxy) is 1. The van der Waals surface area contributed by atoms with Crippen molar-refractivity contribution in [1.29, 1.82) is 0 Å². The van der Waals surface area contributed by atoms with Gasteiger partial charge in [0, 0.05) is 6.07 Å². The second-order valence-electron chi connectivity index (χ2n) is 2.33. The summed E-state index contributed by atoms with van der Waals surface area (Å²) in [7, 11) is 0. The maximum absolute atomic E-state index is 12.7. The molecule has 12 heavy (non-hydrogen) atoms. The maximum atomic E-state index is 12.7. The van der Waals surface area contributed by atoms with Gasteiger partial charge in [-0.2, -0.15) is 4.39 Å². The van der Waals surface area contributed by atoms with E-state index in [1.807, 2.05) is 6.92 Å². The van der Waals surface area contributed by atoms with E-state index in [2.05, 4.69) is 4.98 Å². The van der Waals surface area contributed by atoms with Crippen LogP contribution in [0.25, 0.3) is 0 Å². The third-order valence-electron chi connectivity index (χ3n) is 1.25. The lowest BCUT2D eigenvalue weighted by atomic mass is 10.4. The van der Waals surface area contributed by atoms with Crippen LogP contribution < -0.4 is 4.74 Å². The molecule has 1 rings (SSSR count). The number of nitrogens with zero attached hydrogens (tertiary/aromatic N) is 1. The molecule has 0 spiro atoms. The Hall–Kier alpha value is -1.32. The van der Waals surface area contributed by atoms with Gasteiger partial charge in [0.1, 0.15) is 5.75 Å². The van der Waals surface area contributed by atoms with Crippen LogP contribution in [0.15, 0.2) is 12.3 Å². The van der Waals surface area contributed by atoms with Crippen molar-refractivity contribution in [3.05, 3.63) is 18.2 Å². The molecule has 0 aliphatic rings. The quantitative estimate of drug-likeness (QED) is 0.704. The minimum Gasteiger partial charge on any atom is -0.506 e. The van der Waals surface area contributed by atoms with Crippen molar-refractivity contribution in [3.8, 4) is 11.5 Å². The van der Waals surface area contributed by atoms with Gasteiger partial charge in [-0.25, -0.2) is 4.98 Å². The Labute approximate surface area is 69.8 Å². The zero-order valence-corrected chi connectivity index (χ0v) is 6.75. The first-order valence-electron chi connectivity index (χ1n) is 3.71. The minimum absolute atomic E-state index is 0.00292. The van der Waals surface area contributed by atoms with Crippen molar-refractivity contribution in [2.75, 3.05) is 6.61 Å². The van der Waals surface area contributed by atoms with Crippen LogP contribution in [-0.2, 0) is 0 Å². The number of aromatic hydroxyl groups is 1. The Morgan fingerprint density at radius 1 is 1.67 bits per heavy atom. The maximum Gasteiger partial charge on any atom is 0.255 e. The molecule has 1 heterocycles. The number of rotatable bonds is 3. The standard InChI is InChI=1S/C8H10FNO2/c1-2-3-12-7-4-6(11)5-10-8(7)9/h4-5,11H,2-3H2,1H3. The topological polar surface area (TPSA) is 42.4 Å². The highest BCUT2D eigenvalue weighted by Gasteiger charge is 2.04. The van der Waals surface area contributed by atoms with Crippen LogP contribution in [0.3, 0.4) is 0 Å². The number of hydrogen-bond acceptors (Lipinski definition) is 3. The molecule has 0 fully saturated rings. The van der Waals surface area contributed by atoms with Crippen molar-refractivity contribution in [2.45, 2.75) is 13.3 Å². The van der Waals surface area contributed by atoms with Crippen molar-refractivity contribution in [1.82, 2.24) is 4.98 Å². The number of pyridine rings is 1. The first-order chi connectivity index (χ1) is 5.74. The fraction of sp³-hybridized carbons (Fsp3) is 0.375. The highest BCUT2D eigenvalue weighted by atomic mass is 19.1. The molecule has 0 unspecified atom stereocenters. The van der Waals surface area contributed by atoms with Crippen molar-refractivity contribution >= 4 is 0 Å². The Balaban J connectivity index is 2.75. The van der Waals surface area contributed by atoms with Gasteiger partial charge < -0.3 is 9.84 Å². The van der Waals surface area contributed by atoms with Gasteiger partial charge >= 0.3 is 0 Å². The minimum atomic E-state index is -0.693. The van der Waals surface area contributed by atoms with Gasteiger partial charge in [-0.3, -0.25) is 0 Å². The highest BCUT2D eigenvalue weighted by Crippen LogP contribution is 2.19. The largest absolute Gasteiger partial charge is 0.506 e. The van der Waals surface area contributed by atoms with Crippen LogP contribution in [-0.4, -0.2) is 16.7 Å². The van der Waals surface area contributed by atoms with Crippen LogP contribution in [0.1, 0.15) is 13.3 Å². The summed E-state index contributed by atoms with van der Waals surface area (Å²) in [4.78, 5) is 3.29. The number of hydrogen-bond donors (Lipinski definition) is 1. The molecule has 0 aromatic carbocycles. The van der Waals surface area contributed by atoms with Gasteiger partial charge in [0.2, 0.25) is 0 Å². The third-order valence-corrected chi connectivity index (χ3v) is 1.25. The fourth-order valence-corrected chi connectivity index (χ4v) is 0.731. The second-order valence-corrected chi connectivity index (χ2v) is 2.33. The lowest BCUT2D eigenvalue weighted by Crippen LogP contribution is -1.98. The van der Waals surface area contributed by atoms with Gasteiger partial charge in [-0.15, -0.1) is 0 Å². The summed E-state index contributed by atoms with van der Waals surface area (Å²) in [5.74, 6) is -0.791. The van der Waals surface area contributed by atoms with E-state index in [0.717, 1.165) is 12.6 Å². The van der Waals surface area contributed by atoms with E-state index in [9.17, 15) is 4.39 Å². The first kappa shape index (κ1) is 8.77. The van der Waals surface area contributed by atoms with Crippen molar-refractivity contribution in [3.63, 3.8) is 0 Å². The Kier molecular flexibility index (Phi) is 2.85. The Morgan fingerprint density at radius 2 is 2.42 bits per heavy atom. The molecule has 0 saturated carbocycles. The molecule has 0 atom stereocenters. The van der Waals surface area contributed by atoms with E-state index in [-0.39, 0.29) is 11.5 Å². The van der Waals surface area contributed by atoms with E-state index < -0.39 is 5.95 Å². The average molecular weight is 171 g/mol. The summed E-state index contributed by atoms with van der Waals surface area (Å²) in [6, 6.07) is 1.21. The smallest absolute Gasteiger partial charge is 0.255 e. The second kappa shape index (κ2) is 3.90. The molecule has 0 aliphatic heterocycles. The Morgan fingerprint density at radius 3 is 3.08 bits per heavy atom. The van der Waals surface area contributed by atoms with E-state index in [1.165, 1.54) is 6.07 Å². The normalized spacial score (nSPS) is 9.83. The Bertz CT molecular complexity index is 265. The van der Waals surface area contributed by atoms with E-state index in [1.54, 1.807) is 0 Å². The summed E-state index contributed by atoms with van der Waals surface area (Å²) in [5, 5.41) is 8.93. The van der Waals surface area contributed by atoms with Crippen molar-refractivity contribution in [2.24, 2.45) is 0 Å². The van der Waals surface area contributed by atoms with Gasteiger partial charge in [0.05, 0.1) is 12.8 Å². The summed E-state index contributed by atoms with van der Waals surface area (Å²) in [6.07, 6.45) is 1.82. The summed E-state index contributed by atoms with van der Waals surface area (Å²) in [5.41, 5.74) is 0. The third kappa shape index (κ3) is 2.08. The van der Waals surface area contributed by atoms with E-state index in [0.29, 0.717) is 6.61 Å². The predicted molar refractivity (Wildman–Crippen MR) is 41.6 cm³/mol. The van der Waals surface area contributed by atoms with E-state index in [4.69, 9.17) is 9.84 Å². The molecule has 66 valence electrons. The molecular formula is C8H10FNO2. The van der Waals surface area contributed by atoms with Crippen LogP contribution in [0.5, 0.6) is 11.5 Å². The van der Waals surface area contributed by atoms with Gasteiger partial charge in [0.25, 0.3) is 5.95 Å². The molecule has 0 aliphatic carbocycles. The molecule has 3 nitrogen and oxygen atoms in total. The summed E-state index contributed by atoms with van der Waals surface area (Å²) < 4.78 is 17.7. The van der Waals surface area contributed by atoms with Gasteiger partial charge in [0.15, 0.2) is 5.75 Å². The fourth-order valence-electron chi connectivity index (χ4n) is 0.731. The number of aromatic nitrogens is 1. The molecule has 1 N–H and O–H groups in total. The number of halogens is 1. The monoisotopic (exact) mass is 171 g/mol. The van der Waals surface area contributed by atoms with Crippen LogP contribution >= 0.6 is 0 Å². The lowest BCUT2D eigenvalue weighted by Gasteiger charge is -2.04. The average Bonchev–Trinajstić information content (AvgIpc) is 2.07. The highest BCUT2D eigenvalue weighted by molar-refractivity contribution is 5.28. The first-order valence-corrected chi connectivity index (χ1v) is 3.71. The zero-order chi connectivity index (χ0) is 8.97. The summed E-state index contributed by atoms with van der Waals surface area (Å²) in [6.45, 7) is 2.33. The molecular weight excluding hydrogens is 161 g/mol. The molecule has 0 bridgehead atoms. The van der Waals surface area contributed by atoms with Gasteiger partial charge in [-0.1, -0.05) is 6.92 Å². The predicted octanol–water partition coefficient (Wildman–Crippen LogP) is 1.72. The van der Waals surface area contributed by atoms with Crippen LogP contribution in [0.2, 0.25) is 0 Å². The molecule has 1 aromatic heterocycles. The van der Waals surface area contributed by atoms with Gasteiger partial charge in [-0.05, 0) is 6.42 Å². The lowest BCUT2D eigenvalue weighted by molar-refractivity contribution is 0.294. The van der Waals surface area contributed by atoms with E-state index >= 15 is 0 Å². The van der Waals surface area contributed by atoms with Crippen molar-refractivity contribution < 1.29 is 14.2 Å². The van der Waals surface area contributed by atoms with Crippen LogP contribution in [0.4, 0.5) is 4.39 Å². The molecule has 0 radical (unpaired) electrons. The molecule has 0 amide bonds. The van der Waals surface area contributed by atoms with Crippen LogP contribution in [0, 0.1) is 5.95 Å². The SMILES string of the molecule is CCCOc1cc(O)cnc1F.